The summed E-state index contributed by atoms with van der Waals surface area (Å²) in [6.45, 7) is 5.76. The van der Waals surface area contributed by atoms with Gasteiger partial charge in [-0.1, -0.05) is 58.7 Å². The Morgan fingerprint density at radius 3 is 1.85 bits per heavy atom. The van der Waals surface area contributed by atoms with Crippen molar-refractivity contribution in [2.24, 2.45) is 0 Å². The van der Waals surface area contributed by atoms with Gasteiger partial charge < -0.3 is 0 Å². The zero-order valence-corrected chi connectivity index (χ0v) is 16.4. The van der Waals surface area contributed by atoms with E-state index in [2.05, 4.69) is 0 Å². The van der Waals surface area contributed by atoms with E-state index in [0.29, 0.717) is 10.9 Å². The summed E-state index contributed by atoms with van der Waals surface area (Å²) >= 11 is 0. The van der Waals surface area contributed by atoms with Gasteiger partial charge in [0.1, 0.15) is 0 Å². The summed E-state index contributed by atoms with van der Waals surface area (Å²) in [6, 6.07) is 19.1. The van der Waals surface area contributed by atoms with Gasteiger partial charge in [-0.25, -0.2) is 4.79 Å². The third-order valence-corrected chi connectivity index (χ3v) is 5.86. The van der Waals surface area contributed by atoms with E-state index < -0.39 is 13.3 Å². The van der Waals surface area contributed by atoms with Crippen molar-refractivity contribution in [3.8, 4) is 0 Å². The molecular weight excluding hydrogens is 355 g/mol. The molecule has 0 aromatic heterocycles. The molecule has 1 atom stereocenters. The topological polar surface area (TPSA) is 51.2 Å². The summed E-state index contributed by atoms with van der Waals surface area (Å²) in [5, 5.41) is 0.461. The minimum absolute atomic E-state index is 0.201. The van der Waals surface area contributed by atoms with E-state index in [1.165, 1.54) is 0 Å². The molecule has 0 heterocycles. The third-order valence-electron chi connectivity index (χ3n) is 4.48. The van der Waals surface area contributed by atoms with Gasteiger partial charge in [0, 0.05) is 11.1 Å². The van der Waals surface area contributed by atoms with Crippen molar-refractivity contribution in [3.63, 3.8) is 0 Å². The van der Waals surface area contributed by atoms with Gasteiger partial charge in [-0.2, -0.15) is 0 Å². The quantitative estimate of drug-likeness (QED) is 0.458. The fraction of sp³-hybridized carbons (Fsp3) is 0.130. The molecule has 0 saturated carbocycles. The molecule has 4 heteroatoms. The molecule has 0 saturated heterocycles. The predicted molar refractivity (Wildman–Crippen MR) is 109 cm³/mol. The molecule has 0 spiro atoms. The van der Waals surface area contributed by atoms with E-state index in [9.17, 15) is 14.2 Å². The Morgan fingerprint density at radius 1 is 0.741 bits per heavy atom. The number of ketones is 1. The molecule has 0 aliphatic rings. The zero-order valence-electron chi connectivity index (χ0n) is 15.5. The van der Waals surface area contributed by atoms with Crippen molar-refractivity contribution < 1.29 is 14.2 Å². The van der Waals surface area contributed by atoms with E-state index in [1.54, 1.807) is 54.6 Å². The van der Waals surface area contributed by atoms with Crippen LogP contribution in [0, 0.1) is 20.8 Å². The minimum atomic E-state index is -2.28. The fourth-order valence-electron chi connectivity index (χ4n) is 3.33. The first-order valence-electron chi connectivity index (χ1n) is 8.68. The molecule has 3 aromatic carbocycles. The first kappa shape index (κ1) is 18.9. The van der Waals surface area contributed by atoms with Gasteiger partial charge in [0.15, 0.2) is 11.1 Å². The average Bonchev–Trinajstić information content (AvgIpc) is 2.66. The van der Waals surface area contributed by atoms with Crippen LogP contribution in [0.5, 0.6) is 0 Å². The average molecular weight is 375 g/mol. The summed E-state index contributed by atoms with van der Waals surface area (Å²) in [5.74, 6) is -0.217. The predicted octanol–water partition coefficient (Wildman–Crippen LogP) is 5.14. The number of hydrogen-bond donors (Lipinski definition) is 0. The van der Waals surface area contributed by atoms with Gasteiger partial charge >= 0.3 is 13.3 Å². The van der Waals surface area contributed by atoms with Gasteiger partial charge in [0.25, 0.3) is 0 Å². The molecule has 0 bridgehead atoms. The van der Waals surface area contributed by atoms with E-state index in [1.807, 2.05) is 32.9 Å². The molecule has 0 aliphatic heterocycles. The maximum Gasteiger partial charge on any atom is 0.458 e. The van der Waals surface area contributed by atoms with Gasteiger partial charge in [0.05, 0.1) is 5.56 Å². The van der Waals surface area contributed by atoms with Crippen LogP contribution in [0.15, 0.2) is 66.7 Å². The monoisotopic (exact) mass is 375 g/mol. The number of hydrogen-bond acceptors (Lipinski definition) is 3. The van der Waals surface area contributed by atoms with Crippen molar-refractivity contribution in [2.75, 3.05) is 0 Å². The lowest BCUT2D eigenvalue weighted by Crippen LogP contribution is -2.13. The molecule has 134 valence electrons. The summed E-state index contributed by atoms with van der Waals surface area (Å²) in [7, 11) is -2.28. The van der Waals surface area contributed by atoms with Crippen molar-refractivity contribution in [2.45, 2.75) is 20.8 Å². The third kappa shape index (κ3) is 3.79. The summed E-state index contributed by atoms with van der Waals surface area (Å²) < 4.78 is 12.7. The lowest BCUT2D eigenvalue weighted by atomic mass is 9.91. The molecule has 3 nitrogen and oxygen atoms in total. The number of aryl methyl sites for hydroxylation is 3. The SMILES string of the molecule is Cc1cc(C)c(C(=O)c2ccccc2C(=O)[P+](=O)c2ccccc2)c(C)c1. The standard InChI is InChI=1S/C23H20O3P/c1-15-13-16(2)21(17(3)14-15)22(24)19-11-7-8-12-20(19)23(25)27(26)18-9-5-4-6-10-18/h4-14H,1-3H3/q+1. The number of rotatable bonds is 5. The van der Waals surface area contributed by atoms with Crippen molar-refractivity contribution in [1.29, 1.82) is 0 Å². The second-order valence-electron chi connectivity index (χ2n) is 6.58. The molecule has 0 amide bonds. The van der Waals surface area contributed by atoms with Crippen LogP contribution >= 0.6 is 7.80 Å². The molecule has 0 fully saturated rings. The van der Waals surface area contributed by atoms with E-state index >= 15 is 0 Å². The summed E-state index contributed by atoms with van der Waals surface area (Å²) in [6.07, 6.45) is 0. The fourth-order valence-corrected chi connectivity index (χ4v) is 4.42. The van der Waals surface area contributed by atoms with Crippen LogP contribution in [0.25, 0.3) is 0 Å². The van der Waals surface area contributed by atoms with Crippen molar-refractivity contribution >= 4 is 24.4 Å². The highest BCUT2D eigenvalue weighted by Gasteiger charge is 2.35. The first-order chi connectivity index (χ1) is 12.9. The Balaban J connectivity index is 2.06. The summed E-state index contributed by atoms with van der Waals surface area (Å²) in [4.78, 5) is 26.1. The highest BCUT2D eigenvalue weighted by Crippen LogP contribution is 2.30. The molecular formula is C23H20O3P+. The molecule has 0 aliphatic carbocycles. The molecule has 3 aromatic rings. The smallest absolute Gasteiger partial charge is 0.289 e. The Labute approximate surface area is 159 Å². The van der Waals surface area contributed by atoms with E-state index in [4.69, 9.17) is 0 Å². The van der Waals surface area contributed by atoms with E-state index in [0.717, 1.165) is 16.7 Å². The Bertz CT molecular complexity index is 1030. The number of carbonyl (C=O) groups excluding carboxylic acids is 2. The maximum absolute atomic E-state index is 13.2. The van der Waals surface area contributed by atoms with Gasteiger partial charge in [-0.3, -0.25) is 4.79 Å². The Morgan fingerprint density at radius 2 is 1.26 bits per heavy atom. The second-order valence-corrected chi connectivity index (χ2v) is 8.09. The van der Waals surface area contributed by atoms with Crippen LogP contribution in [-0.2, 0) is 4.57 Å². The van der Waals surface area contributed by atoms with Crippen LogP contribution in [0.2, 0.25) is 0 Å². The molecule has 27 heavy (non-hydrogen) atoms. The number of benzene rings is 3. The molecule has 0 radical (unpaired) electrons. The minimum Gasteiger partial charge on any atom is -0.289 e. The highest BCUT2D eigenvalue weighted by molar-refractivity contribution is 7.71. The zero-order chi connectivity index (χ0) is 19.6. The molecule has 1 unspecified atom stereocenters. The van der Waals surface area contributed by atoms with Gasteiger partial charge in [-0.05, 0) is 50.1 Å². The van der Waals surface area contributed by atoms with Gasteiger partial charge in [-0.15, -0.1) is 0 Å². The normalized spacial score (nSPS) is 11.1. The van der Waals surface area contributed by atoms with Crippen LogP contribution < -0.4 is 5.30 Å². The molecule has 3 rings (SSSR count). The van der Waals surface area contributed by atoms with E-state index in [-0.39, 0.29) is 16.9 Å². The van der Waals surface area contributed by atoms with Crippen LogP contribution in [0.1, 0.15) is 43.0 Å². The lowest BCUT2D eigenvalue weighted by Gasteiger charge is -2.11. The summed E-state index contributed by atoms with van der Waals surface area (Å²) in [5.41, 5.74) is 3.37. The van der Waals surface area contributed by atoms with Gasteiger partial charge in [0.2, 0.25) is 0 Å². The highest BCUT2D eigenvalue weighted by atomic mass is 31.1. The molecule has 0 N–H and O–H groups in total. The maximum atomic E-state index is 13.2. The first-order valence-corrected chi connectivity index (χ1v) is 9.94. The van der Waals surface area contributed by atoms with Crippen LogP contribution in [0.3, 0.4) is 0 Å². The van der Waals surface area contributed by atoms with Crippen LogP contribution in [0.4, 0.5) is 0 Å². The van der Waals surface area contributed by atoms with Crippen LogP contribution in [-0.4, -0.2) is 11.3 Å². The van der Waals surface area contributed by atoms with Crippen molar-refractivity contribution in [1.82, 2.24) is 0 Å². The lowest BCUT2D eigenvalue weighted by molar-refractivity contribution is 0.102. The van der Waals surface area contributed by atoms with Crippen molar-refractivity contribution in [3.05, 3.63) is 100 Å². The Hall–Kier alpha value is -2.90. The Kier molecular flexibility index (Phi) is 5.43. The largest absolute Gasteiger partial charge is 0.458 e. The number of carbonyl (C=O) groups is 2. The second kappa shape index (κ2) is 7.77.